The average Bonchev–Trinajstić information content (AvgIpc) is 2.64. The van der Waals surface area contributed by atoms with Gasteiger partial charge in [0, 0.05) is 0 Å². The fourth-order valence-corrected chi connectivity index (χ4v) is 1.92. The normalized spacial score (nSPS) is 9.80. The molecule has 8 heteroatoms. The second-order valence-corrected chi connectivity index (χ2v) is 4.82. The number of amides is 2. The maximum Gasteiger partial charge on any atom is 0.336 e. The summed E-state index contributed by atoms with van der Waals surface area (Å²) in [5.74, 6) is -1.47. The van der Waals surface area contributed by atoms with Gasteiger partial charge < -0.3 is 14.6 Å². The molecule has 0 bridgehead atoms. The first kappa shape index (κ1) is 17.8. The van der Waals surface area contributed by atoms with Gasteiger partial charge in [-0.2, -0.15) is 0 Å². The molecule has 2 aromatic carbocycles. The maximum atomic E-state index is 12.0. The standard InChI is InChI=1S/C17H16N2O6/c1-24-11-6-8-12(9-7-11)25-10-15(20)18-19-16(21)13-4-2-3-5-14(13)17(22)23/h2-9H,10H2,1H3,(H,18,20)(H,19,21)(H,22,23). The van der Waals surface area contributed by atoms with Gasteiger partial charge in [0.25, 0.3) is 11.8 Å². The lowest BCUT2D eigenvalue weighted by atomic mass is 10.1. The number of hydrazine groups is 1. The summed E-state index contributed by atoms with van der Waals surface area (Å²) in [5, 5.41) is 9.04. The van der Waals surface area contributed by atoms with Crippen molar-refractivity contribution in [2.24, 2.45) is 0 Å². The van der Waals surface area contributed by atoms with Crippen molar-refractivity contribution >= 4 is 17.8 Å². The molecule has 2 rings (SSSR count). The van der Waals surface area contributed by atoms with Crippen LogP contribution >= 0.6 is 0 Å². The molecule has 0 aliphatic heterocycles. The van der Waals surface area contributed by atoms with Crippen molar-refractivity contribution in [2.45, 2.75) is 0 Å². The van der Waals surface area contributed by atoms with Crippen LogP contribution in [0.5, 0.6) is 11.5 Å². The summed E-state index contributed by atoms with van der Waals surface area (Å²) in [7, 11) is 1.54. The summed E-state index contributed by atoms with van der Waals surface area (Å²) < 4.78 is 10.3. The second kappa shape index (κ2) is 8.34. The molecule has 0 spiro atoms. The Morgan fingerprint density at radius 2 is 1.52 bits per heavy atom. The SMILES string of the molecule is COc1ccc(OCC(=O)NNC(=O)c2ccccc2C(=O)O)cc1. The van der Waals surface area contributed by atoms with Gasteiger partial charge in [-0.05, 0) is 36.4 Å². The molecular formula is C17H16N2O6. The maximum absolute atomic E-state index is 12.0. The molecular weight excluding hydrogens is 328 g/mol. The number of ether oxygens (including phenoxy) is 2. The predicted octanol–water partition coefficient (Wildman–Crippen LogP) is 1.23. The molecule has 8 nitrogen and oxygen atoms in total. The molecule has 0 unspecified atom stereocenters. The Balaban J connectivity index is 1.85. The van der Waals surface area contributed by atoms with Crippen molar-refractivity contribution in [3.8, 4) is 11.5 Å². The lowest BCUT2D eigenvalue weighted by Crippen LogP contribution is -2.44. The lowest BCUT2D eigenvalue weighted by molar-refractivity contribution is -0.123. The Morgan fingerprint density at radius 1 is 0.920 bits per heavy atom. The van der Waals surface area contributed by atoms with Crippen molar-refractivity contribution in [1.29, 1.82) is 0 Å². The largest absolute Gasteiger partial charge is 0.497 e. The minimum absolute atomic E-state index is 0.0635. The Kier molecular flexibility index (Phi) is 5.94. The highest BCUT2D eigenvalue weighted by Crippen LogP contribution is 2.16. The van der Waals surface area contributed by atoms with E-state index in [9.17, 15) is 14.4 Å². The van der Waals surface area contributed by atoms with E-state index >= 15 is 0 Å². The number of aromatic carboxylic acids is 1. The van der Waals surface area contributed by atoms with E-state index in [1.54, 1.807) is 24.3 Å². The number of carboxylic acids is 1. The first-order valence-corrected chi connectivity index (χ1v) is 7.19. The van der Waals surface area contributed by atoms with Crippen molar-refractivity contribution in [2.75, 3.05) is 13.7 Å². The van der Waals surface area contributed by atoms with Gasteiger partial charge in [-0.25, -0.2) is 4.79 Å². The average molecular weight is 344 g/mol. The van der Waals surface area contributed by atoms with Crippen LogP contribution in [-0.2, 0) is 4.79 Å². The Bertz CT molecular complexity index is 773. The molecule has 0 atom stereocenters. The van der Waals surface area contributed by atoms with Gasteiger partial charge in [0.1, 0.15) is 11.5 Å². The fraction of sp³-hybridized carbons (Fsp3) is 0.118. The quantitative estimate of drug-likeness (QED) is 0.679. The number of benzene rings is 2. The molecule has 0 fully saturated rings. The van der Waals surface area contributed by atoms with E-state index in [4.69, 9.17) is 14.6 Å². The predicted molar refractivity (Wildman–Crippen MR) is 87.5 cm³/mol. The van der Waals surface area contributed by atoms with Crippen molar-refractivity contribution in [3.63, 3.8) is 0 Å². The molecule has 0 saturated carbocycles. The van der Waals surface area contributed by atoms with Gasteiger partial charge in [0.2, 0.25) is 0 Å². The van der Waals surface area contributed by atoms with Gasteiger partial charge in [-0.3, -0.25) is 20.4 Å². The van der Waals surface area contributed by atoms with Crippen LogP contribution in [0.1, 0.15) is 20.7 Å². The van der Waals surface area contributed by atoms with Crippen LogP contribution < -0.4 is 20.3 Å². The van der Waals surface area contributed by atoms with E-state index in [2.05, 4.69) is 10.9 Å². The molecule has 0 heterocycles. The highest BCUT2D eigenvalue weighted by atomic mass is 16.5. The summed E-state index contributed by atoms with van der Waals surface area (Å²) in [6.45, 7) is -0.326. The van der Waals surface area contributed by atoms with Crippen LogP contribution in [0.2, 0.25) is 0 Å². The van der Waals surface area contributed by atoms with Crippen molar-refractivity contribution in [3.05, 3.63) is 59.7 Å². The molecule has 0 aromatic heterocycles. The van der Waals surface area contributed by atoms with Crippen molar-refractivity contribution in [1.82, 2.24) is 10.9 Å². The molecule has 0 aliphatic rings. The molecule has 2 aromatic rings. The monoisotopic (exact) mass is 344 g/mol. The minimum atomic E-state index is -1.24. The van der Waals surface area contributed by atoms with Crippen LogP contribution in [0.4, 0.5) is 0 Å². The van der Waals surface area contributed by atoms with Gasteiger partial charge in [-0.15, -0.1) is 0 Å². The molecule has 3 N–H and O–H groups in total. The number of carbonyl (C=O) groups is 3. The Labute approximate surface area is 143 Å². The van der Waals surface area contributed by atoms with Gasteiger partial charge >= 0.3 is 5.97 Å². The van der Waals surface area contributed by atoms with Crippen LogP contribution in [0.25, 0.3) is 0 Å². The van der Waals surface area contributed by atoms with Gasteiger partial charge in [-0.1, -0.05) is 12.1 Å². The lowest BCUT2D eigenvalue weighted by Gasteiger charge is -2.10. The molecule has 0 aliphatic carbocycles. The molecule has 130 valence electrons. The number of hydrogen-bond acceptors (Lipinski definition) is 5. The summed E-state index contributed by atoms with van der Waals surface area (Å²) in [4.78, 5) is 34.8. The van der Waals surface area contributed by atoms with Crippen LogP contribution in [0, 0.1) is 0 Å². The fourth-order valence-electron chi connectivity index (χ4n) is 1.92. The Hall–Kier alpha value is -3.55. The summed E-state index contributed by atoms with van der Waals surface area (Å²) in [6.07, 6.45) is 0. The molecule has 25 heavy (non-hydrogen) atoms. The van der Waals surface area contributed by atoms with E-state index in [0.717, 1.165) is 0 Å². The smallest absolute Gasteiger partial charge is 0.336 e. The number of nitrogens with one attached hydrogen (secondary N) is 2. The summed E-state index contributed by atoms with van der Waals surface area (Å²) >= 11 is 0. The topological polar surface area (TPSA) is 114 Å². The van der Waals surface area contributed by atoms with Crippen LogP contribution in [-0.4, -0.2) is 36.6 Å². The number of rotatable bonds is 6. The van der Waals surface area contributed by atoms with Gasteiger partial charge in [0.15, 0.2) is 6.61 Å². The van der Waals surface area contributed by atoms with Crippen molar-refractivity contribution < 1.29 is 29.0 Å². The molecule has 0 saturated heterocycles. The second-order valence-electron chi connectivity index (χ2n) is 4.82. The van der Waals surface area contributed by atoms with Gasteiger partial charge in [0.05, 0.1) is 18.2 Å². The third-order valence-corrected chi connectivity index (χ3v) is 3.15. The summed E-state index contributed by atoms with van der Waals surface area (Å²) in [6, 6.07) is 12.3. The van der Waals surface area contributed by atoms with Crippen LogP contribution in [0.3, 0.4) is 0 Å². The zero-order valence-corrected chi connectivity index (χ0v) is 13.3. The Morgan fingerprint density at radius 3 is 2.12 bits per heavy atom. The number of carbonyl (C=O) groups excluding carboxylic acids is 2. The number of carboxylic acid groups (broad SMARTS) is 1. The van der Waals surface area contributed by atoms with Crippen LogP contribution in [0.15, 0.2) is 48.5 Å². The van der Waals surface area contributed by atoms with E-state index < -0.39 is 17.8 Å². The zero-order chi connectivity index (χ0) is 18.2. The van der Waals surface area contributed by atoms with E-state index in [0.29, 0.717) is 11.5 Å². The van der Waals surface area contributed by atoms with E-state index in [-0.39, 0.29) is 17.7 Å². The van der Waals surface area contributed by atoms with E-state index in [1.165, 1.54) is 31.4 Å². The third-order valence-electron chi connectivity index (χ3n) is 3.15. The third kappa shape index (κ3) is 4.96. The molecule has 2 amide bonds. The van der Waals surface area contributed by atoms with E-state index in [1.807, 2.05) is 0 Å². The number of hydrogen-bond donors (Lipinski definition) is 3. The first-order chi connectivity index (χ1) is 12.0. The first-order valence-electron chi connectivity index (χ1n) is 7.19. The summed E-state index contributed by atoms with van der Waals surface area (Å²) in [5.41, 5.74) is 4.08. The number of methoxy groups -OCH3 is 1. The highest BCUT2D eigenvalue weighted by molar-refractivity contribution is 6.05. The zero-order valence-electron chi connectivity index (χ0n) is 13.3. The molecule has 0 radical (unpaired) electrons. The minimum Gasteiger partial charge on any atom is -0.497 e. The highest BCUT2D eigenvalue weighted by Gasteiger charge is 2.16.